The third-order valence-electron chi connectivity index (χ3n) is 5.01. The molecule has 0 bridgehead atoms. The summed E-state index contributed by atoms with van der Waals surface area (Å²) in [5.41, 5.74) is 2.24. The first-order chi connectivity index (χ1) is 16.9. The van der Waals surface area contributed by atoms with Crippen molar-refractivity contribution in [3.05, 3.63) is 92.4 Å². The standard InChI is InChI=1S/C26H21IN2O5S/c1-33-21-13-18(12-20(27)24(21)34-16-23(30)28-19-10-6-3-7-11-19)14-22-25(31)29(26(32)35-22)15-17-8-4-2-5-9-17/h2-14H,15-16H2,1H3,(H,28,30)/b22-14-. The van der Waals surface area contributed by atoms with E-state index in [0.29, 0.717) is 31.2 Å². The summed E-state index contributed by atoms with van der Waals surface area (Å²) in [5.74, 6) is 0.200. The van der Waals surface area contributed by atoms with Crippen LogP contribution in [0.4, 0.5) is 10.5 Å². The SMILES string of the molecule is COc1cc(/C=C2\SC(=O)N(Cc3ccccc3)C2=O)cc(I)c1OCC(=O)Nc1ccccc1. The van der Waals surface area contributed by atoms with Crippen LogP contribution in [0.15, 0.2) is 77.7 Å². The van der Waals surface area contributed by atoms with Crippen LogP contribution >= 0.6 is 34.4 Å². The molecule has 0 aliphatic carbocycles. The molecular formula is C26H21IN2O5S. The number of ether oxygens (including phenoxy) is 2. The van der Waals surface area contributed by atoms with Crippen molar-refractivity contribution in [3.63, 3.8) is 0 Å². The van der Waals surface area contributed by atoms with E-state index in [1.165, 1.54) is 12.0 Å². The average Bonchev–Trinajstić information content (AvgIpc) is 3.11. The van der Waals surface area contributed by atoms with Crippen molar-refractivity contribution in [2.45, 2.75) is 6.54 Å². The summed E-state index contributed by atoms with van der Waals surface area (Å²) < 4.78 is 11.9. The molecule has 1 fully saturated rings. The fourth-order valence-electron chi connectivity index (χ4n) is 3.37. The fraction of sp³-hybridized carbons (Fsp3) is 0.115. The second-order valence-electron chi connectivity index (χ2n) is 7.49. The molecule has 3 aromatic carbocycles. The number of anilines is 1. The summed E-state index contributed by atoms with van der Waals surface area (Å²) in [4.78, 5) is 39.2. The van der Waals surface area contributed by atoms with Crippen LogP contribution in [0, 0.1) is 3.57 Å². The number of hydrogen-bond acceptors (Lipinski definition) is 6. The Balaban J connectivity index is 1.47. The summed E-state index contributed by atoms with van der Waals surface area (Å²) in [6.07, 6.45) is 1.66. The first-order valence-corrected chi connectivity index (χ1v) is 12.5. The Morgan fingerprint density at radius 3 is 2.43 bits per heavy atom. The van der Waals surface area contributed by atoms with Gasteiger partial charge in [-0.25, -0.2) is 0 Å². The molecule has 1 saturated heterocycles. The van der Waals surface area contributed by atoms with E-state index in [2.05, 4.69) is 27.9 Å². The third-order valence-corrected chi connectivity index (χ3v) is 6.72. The Bertz CT molecular complexity index is 1280. The van der Waals surface area contributed by atoms with Gasteiger partial charge in [0.25, 0.3) is 17.1 Å². The lowest BCUT2D eigenvalue weighted by atomic mass is 10.1. The molecule has 3 aromatic rings. The Hall–Kier alpha value is -3.31. The van der Waals surface area contributed by atoms with Gasteiger partial charge in [-0.3, -0.25) is 19.3 Å². The number of para-hydroxylation sites is 1. The molecule has 3 amide bonds. The van der Waals surface area contributed by atoms with Gasteiger partial charge in [-0.1, -0.05) is 48.5 Å². The topological polar surface area (TPSA) is 84.9 Å². The number of hydrogen-bond donors (Lipinski definition) is 1. The Morgan fingerprint density at radius 1 is 1.06 bits per heavy atom. The number of methoxy groups -OCH3 is 1. The van der Waals surface area contributed by atoms with E-state index < -0.39 is 0 Å². The van der Waals surface area contributed by atoms with Gasteiger partial charge in [0.05, 0.1) is 22.1 Å². The van der Waals surface area contributed by atoms with Gasteiger partial charge in [0.15, 0.2) is 18.1 Å². The van der Waals surface area contributed by atoms with Crippen LogP contribution in [0.1, 0.15) is 11.1 Å². The largest absolute Gasteiger partial charge is 0.493 e. The van der Waals surface area contributed by atoms with Gasteiger partial charge in [0, 0.05) is 5.69 Å². The molecule has 178 valence electrons. The van der Waals surface area contributed by atoms with E-state index in [9.17, 15) is 14.4 Å². The highest BCUT2D eigenvalue weighted by atomic mass is 127. The molecule has 1 N–H and O–H groups in total. The van der Waals surface area contributed by atoms with Crippen molar-refractivity contribution in [2.75, 3.05) is 19.0 Å². The van der Waals surface area contributed by atoms with Crippen molar-refractivity contribution in [2.24, 2.45) is 0 Å². The smallest absolute Gasteiger partial charge is 0.293 e. The maximum atomic E-state index is 12.9. The summed E-state index contributed by atoms with van der Waals surface area (Å²) in [6, 6.07) is 22.0. The van der Waals surface area contributed by atoms with Crippen molar-refractivity contribution >= 4 is 63.2 Å². The second kappa shape index (κ2) is 11.4. The van der Waals surface area contributed by atoms with E-state index in [4.69, 9.17) is 9.47 Å². The zero-order chi connectivity index (χ0) is 24.8. The molecule has 1 aliphatic rings. The van der Waals surface area contributed by atoms with Crippen LogP contribution in [0.2, 0.25) is 0 Å². The van der Waals surface area contributed by atoms with Crippen LogP contribution in [-0.2, 0) is 16.1 Å². The number of thioether (sulfide) groups is 1. The highest BCUT2D eigenvalue weighted by Gasteiger charge is 2.35. The molecule has 0 saturated carbocycles. The number of carbonyl (C=O) groups excluding carboxylic acids is 3. The Labute approximate surface area is 220 Å². The maximum Gasteiger partial charge on any atom is 0.293 e. The molecule has 0 radical (unpaired) electrons. The summed E-state index contributed by atoms with van der Waals surface area (Å²) in [6.45, 7) is 0.0283. The summed E-state index contributed by atoms with van der Waals surface area (Å²) in [7, 11) is 1.50. The molecule has 0 atom stereocenters. The molecule has 35 heavy (non-hydrogen) atoms. The molecular weight excluding hydrogens is 579 g/mol. The van der Waals surface area contributed by atoms with Crippen LogP contribution < -0.4 is 14.8 Å². The van der Waals surface area contributed by atoms with Gasteiger partial charge < -0.3 is 14.8 Å². The number of amides is 3. The molecule has 9 heteroatoms. The van der Waals surface area contributed by atoms with E-state index in [1.54, 1.807) is 30.3 Å². The lowest BCUT2D eigenvalue weighted by molar-refractivity contribution is -0.123. The molecule has 1 heterocycles. The first-order valence-electron chi connectivity index (χ1n) is 10.6. The van der Waals surface area contributed by atoms with Crippen LogP contribution in [0.3, 0.4) is 0 Å². The highest BCUT2D eigenvalue weighted by Crippen LogP contribution is 2.37. The molecule has 0 unspecified atom stereocenters. The average molecular weight is 600 g/mol. The minimum atomic E-state index is -0.337. The number of carbonyl (C=O) groups is 3. The monoisotopic (exact) mass is 600 g/mol. The third kappa shape index (κ3) is 6.23. The lowest BCUT2D eigenvalue weighted by Crippen LogP contribution is -2.27. The lowest BCUT2D eigenvalue weighted by Gasteiger charge is -2.14. The first kappa shape index (κ1) is 24.8. The zero-order valence-corrected chi connectivity index (χ0v) is 21.7. The van der Waals surface area contributed by atoms with Crippen molar-refractivity contribution in [3.8, 4) is 11.5 Å². The van der Waals surface area contributed by atoms with Gasteiger partial charge in [0.2, 0.25) is 0 Å². The summed E-state index contributed by atoms with van der Waals surface area (Å²) >= 11 is 2.99. The number of nitrogens with one attached hydrogen (secondary N) is 1. The predicted molar refractivity (Wildman–Crippen MR) is 144 cm³/mol. The van der Waals surface area contributed by atoms with Gasteiger partial charge in [-0.05, 0) is 75.8 Å². The van der Waals surface area contributed by atoms with Crippen molar-refractivity contribution < 1.29 is 23.9 Å². The van der Waals surface area contributed by atoms with E-state index in [1.807, 2.05) is 48.5 Å². The minimum absolute atomic E-state index is 0.195. The number of imide groups is 1. The van der Waals surface area contributed by atoms with Crippen LogP contribution in [0.25, 0.3) is 6.08 Å². The molecule has 1 aliphatic heterocycles. The van der Waals surface area contributed by atoms with Gasteiger partial charge >= 0.3 is 0 Å². The predicted octanol–water partition coefficient (Wildman–Crippen LogP) is 5.55. The normalized spacial score (nSPS) is 14.3. The van der Waals surface area contributed by atoms with E-state index in [0.717, 1.165) is 17.3 Å². The van der Waals surface area contributed by atoms with Crippen LogP contribution in [-0.4, -0.2) is 35.7 Å². The second-order valence-corrected chi connectivity index (χ2v) is 9.65. The number of benzene rings is 3. The zero-order valence-electron chi connectivity index (χ0n) is 18.7. The fourth-order valence-corrected chi connectivity index (χ4v) is 4.99. The maximum absolute atomic E-state index is 12.9. The molecule has 0 spiro atoms. The number of halogens is 1. The van der Waals surface area contributed by atoms with Gasteiger partial charge in [-0.2, -0.15) is 0 Å². The molecule has 4 rings (SSSR count). The van der Waals surface area contributed by atoms with E-state index >= 15 is 0 Å². The van der Waals surface area contributed by atoms with Crippen LogP contribution in [0.5, 0.6) is 11.5 Å². The van der Waals surface area contributed by atoms with Gasteiger partial charge in [0.1, 0.15) is 0 Å². The minimum Gasteiger partial charge on any atom is -0.493 e. The highest BCUT2D eigenvalue weighted by molar-refractivity contribution is 14.1. The van der Waals surface area contributed by atoms with E-state index in [-0.39, 0.29) is 30.2 Å². The van der Waals surface area contributed by atoms with Crippen molar-refractivity contribution in [1.29, 1.82) is 0 Å². The quantitative estimate of drug-likeness (QED) is 0.270. The van der Waals surface area contributed by atoms with Crippen molar-refractivity contribution in [1.82, 2.24) is 4.90 Å². The Morgan fingerprint density at radius 2 is 1.74 bits per heavy atom. The Kier molecular flexibility index (Phi) is 8.09. The van der Waals surface area contributed by atoms with Gasteiger partial charge in [-0.15, -0.1) is 0 Å². The number of rotatable bonds is 8. The molecule has 0 aromatic heterocycles. The molecule has 7 nitrogen and oxygen atoms in total. The number of nitrogens with zero attached hydrogens (tertiary/aromatic N) is 1. The summed E-state index contributed by atoms with van der Waals surface area (Å²) in [5, 5.41) is 2.46.